The zero-order valence-electron chi connectivity index (χ0n) is 10.7. The highest BCUT2D eigenvalue weighted by atomic mass is 35.5. The molecule has 0 saturated heterocycles. The highest BCUT2D eigenvalue weighted by molar-refractivity contribution is 6.30. The molecule has 100 valence electrons. The van der Waals surface area contributed by atoms with Crippen LogP contribution in [0.5, 0.6) is 5.75 Å². The summed E-state index contributed by atoms with van der Waals surface area (Å²) in [5.74, 6) is 0.240. The summed E-state index contributed by atoms with van der Waals surface area (Å²) in [4.78, 5) is 4.28. The fraction of sp³-hybridized carbons (Fsp3) is 0.0625. The number of anilines is 1. The molecule has 0 atom stereocenters. The second-order valence-electron chi connectivity index (χ2n) is 4.54. The number of aromatic nitrogens is 1. The molecule has 0 aliphatic rings. The van der Waals surface area contributed by atoms with Crippen LogP contribution in [0.25, 0.3) is 10.9 Å². The molecule has 3 nitrogen and oxygen atoms in total. The second-order valence-corrected chi connectivity index (χ2v) is 4.97. The largest absolute Gasteiger partial charge is 0.508 e. The molecule has 0 aliphatic carbocycles. The molecular formula is C16H13ClN2O. The van der Waals surface area contributed by atoms with Gasteiger partial charge >= 0.3 is 0 Å². The Bertz CT molecular complexity index is 758. The van der Waals surface area contributed by atoms with Crippen LogP contribution in [0, 0.1) is 0 Å². The first-order chi connectivity index (χ1) is 9.72. The molecule has 2 aromatic carbocycles. The Labute approximate surface area is 121 Å². The monoisotopic (exact) mass is 284 g/mol. The van der Waals surface area contributed by atoms with Crippen molar-refractivity contribution in [2.75, 3.05) is 5.32 Å². The first kappa shape index (κ1) is 12.8. The Kier molecular flexibility index (Phi) is 3.44. The van der Waals surface area contributed by atoms with E-state index in [-0.39, 0.29) is 5.75 Å². The number of phenolic OH excluding ortho intramolecular Hbond substituents is 1. The third kappa shape index (κ3) is 2.68. The minimum Gasteiger partial charge on any atom is -0.508 e. The van der Waals surface area contributed by atoms with Crippen LogP contribution in [0.2, 0.25) is 5.02 Å². The van der Waals surface area contributed by atoms with Crippen molar-refractivity contribution in [1.82, 2.24) is 4.98 Å². The Morgan fingerprint density at radius 1 is 1.10 bits per heavy atom. The summed E-state index contributed by atoms with van der Waals surface area (Å²) >= 11 is 5.93. The second kappa shape index (κ2) is 5.39. The molecular weight excluding hydrogens is 272 g/mol. The number of fused-ring (bicyclic) bond motifs is 1. The van der Waals surface area contributed by atoms with Gasteiger partial charge in [-0.15, -0.1) is 0 Å². The number of halogens is 1. The average Bonchev–Trinajstić information content (AvgIpc) is 2.48. The van der Waals surface area contributed by atoms with Crippen molar-refractivity contribution in [1.29, 1.82) is 0 Å². The van der Waals surface area contributed by atoms with Crippen molar-refractivity contribution in [3.05, 3.63) is 65.3 Å². The van der Waals surface area contributed by atoms with E-state index in [4.69, 9.17) is 11.6 Å². The van der Waals surface area contributed by atoms with Gasteiger partial charge in [0.05, 0.1) is 5.52 Å². The molecule has 2 N–H and O–H groups in total. The lowest BCUT2D eigenvalue weighted by Gasteiger charge is -2.09. The third-order valence-corrected chi connectivity index (χ3v) is 3.36. The van der Waals surface area contributed by atoms with Gasteiger partial charge in [0.1, 0.15) is 5.75 Å². The zero-order valence-corrected chi connectivity index (χ0v) is 11.4. The molecule has 0 unspecified atom stereocenters. The first-order valence-electron chi connectivity index (χ1n) is 6.28. The number of rotatable bonds is 3. The lowest BCUT2D eigenvalue weighted by Crippen LogP contribution is -1.99. The van der Waals surface area contributed by atoms with Crippen LogP contribution in [0.1, 0.15) is 5.56 Å². The summed E-state index contributed by atoms with van der Waals surface area (Å²) < 4.78 is 0. The number of hydrogen-bond donors (Lipinski definition) is 2. The maximum Gasteiger partial charge on any atom is 0.120 e. The van der Waals surface area contributed by atoms with E-state index in [0.29, 0.717) is 11.6 Å². The summed E-state index contributed by atoms with van der Waals surface area (Å²) in [5.41, 5.74) is 2.71. The highest BCUT2D eigenvalue weighted by Gasteiger charge is 2.03. The predicted octanol–water partition coefficient (Wildman–Crippen LogP) is 4.21. The topological polar surface area (TPSA) is 45.1 Å². The van der Waals surface area contributed by atoms with Gasteiger partial charge in [-0.3, -0.25) is 4.98 Å². The fourth-order valence-electron chi connectivity index (χ4n) is 2.08. The number of hydrogen-bond acceptors (Lipinski definition) is 3. The minimum atomic E-state index is 0.240. The molecule has 20 heavy (non-hydrogen) atoms. The quantitative estimate of drug-likeness (QED) is 0.757. The molecule has 0 amide bonds. The first-order valence-corrected chi connectivity index (χ1v) is 6.66. The highest BCUT2D eigenvalue weighted by Crippen LogP contribution is 2.23. The molecule has 0 fully saturated rings. The van der Waals surface area contributed by atoms with Crippen molar-refractivity contribution in [2.24, 2.45) is 0 Å². The van der Waals surface area contributed by atoms with Crippen LogP contribution in [-0.2, 0) is 6.54 Å². The molecule has 0 aliphatic heterocycles. The Hall–Kier alpha value is -2.26. The number of aromatic hydroxyl groups is 1. The van der Waals surface area contributed by atoms with Crippen molar-refractivity contribution in [3.8, 4) is 5.75 Å². The average molecular weight is 285 g/mol. The lowest BCUT2D eigenvalue weighted by molar-refractivity contribution is 0.469. The normalized spacial score (nSPS) is 10.7. The van der Waals surface area contributed by atoms with Crippen LogP contribution >= 0.6 is 11.6 Å². The molecule has 3 rings (SSSR count). The standard InChI is InChI=1S/C16H13ClN2O/c17-13-3-6-16(20)12(8-13)10-19-14-4-5-15-11(9-14)2-1-7-18-15/h1-9,19-20H,10H2. The molecule has 4 heteroatoms. The van der Waals surface area contributed by atoms with Crippen LogP contribution in [0.15, 0.2) is 54.7 Å². The number of nitrogens with one attached hydrogen (secondary N) is 1. The molecule has 0 spiro atoms. The van der Waals surface area contributed by atoms with Gasteiger partial charge in [-0.05, 0) is 42.5 Å². The van der Waals surface area contributed by atoms with Gasteiger partial charge in [0.15, 0.2) is 0 Å². The number of benzene rings is 2. The molecule has 0 saturated carbocycles. The fourth-order valence-corrected chi connectivity index (χ4v) is 2.27. The molecule has 1 heterocycles. The Balaban J connectivity index is 1.81. The van der Waals surface area contributed by atoms with Gasteiger partial charge in [-0.2, -0.15) is 0 Å². The summed E-state index contributed by atoms with van der Waals surface area (Å²) in [5, 5.41) is 14.7. The van der Waals surface area contributed by atoms with E-state index in [2.05, 4.69) is 10.3 Å². The number of pyridine rings is 1. The van der Waals surface area contributed by atoms with Crippen LogP contribution in [0.4, 0.5) is 5.69 Å². The van der Waals surface area contributed by atoms with Gasteiger partial charge < -0.3 is 10.4 Å². The van der Waals surface area contributed by atoms with Crippen molar-refractivity contribution in [2.45, 2.75) is 6.54 Å². The van der Waals surface area contributed by atoms with Gasteiger partial charge in [0.2, 0.25) is 0 Å². The van der Waals surface area contributed by atoms with Crippen LogP contribution in [-0.4, -0.2) is 10.1 Å². The maximum absolute atomic E-state index is 9.78. The molecule has 1 aromatic heterocycles. The SMILES string of the molecule is Oc1ccc(Cl)cc1CNc1ccc2ncccc2c1. The summed E-state index contributed by atoms with van der Waals surface area (Å²) in [6.45, 7) is 0.512. The maximum atomic E-state index is 9.78. The Morgan fingerprint density at radius 2 is 2.00 bits per heavy atom. The van der Waals surface area contributed by atoms with Crippen LogP contribution in [0.3, 0.4) is 0 Å². The molecule has 3 aromatic rings. The van der Waals surface area contributed by atoms with Gasteiger partial charge in [0, 0.05) is 34.4 Å². The van der Waals surface area contributed by atoms with E-state index >= 15 is 0 Å². The third-order valence-electron chi connectivity index (χ3n) is 3.13. The van der Waals surface area contributed by atoms with Gasteiger partial charge in [-0.25, -0.2) is 0 Å². The van der Waals surface area contributed by atoms with Crippen molar-refractivity contribution >= 4 is 28.2 Å². The van der Waals surface area contributed by atoms with Crippen LogP contribution < -0.4 is 5.32 Å². The number of phenols is 1. The summed E-state index contributed by atoms with van der Waals surface area (Å²) in [6, 6.07) is 14.9. The zero-order chi connectivity index (χ0) is 13.9. The smallest absolute Gasteiger partial charge is 0.120 e. The van der Waals surface area contributed by atoms with Crippen molar-refractivity contribution in [3.63, 3.8) is 0 Å². The van der Waals surface area contributed by atoms with E-state index < -0.39 is 0 Å². The molecule has 0 bridgehead atoms. The van der Waals surface area contributed by atoms with Gasteiger partial charge in [0.25, 0.3) is 0 Å². The Morgan fingerprint density at radius 3 is 2.90 bits per heavy atom. The van der Waals surface area contributed by atoms with Gasteiger partial charge in [-0.1, -0.05) is 17.7 Å². The number of nitrogens with zero attached hydrogens (tertiary/aromatic N) is 1. The predicted molar refractivity (Wildman–Crippen MR) is 82.2 cm³/mol. The van der Waals surface area contributed by atoms with E-state index in [1.165, 1.54) is 0 Å². The van der Waals surface area contributed by atoms with Crippen molar-refractivity contribution < 1.29 is 5.11 Å². The molecule has 0 radical (unpaired) electrons. The van der Waals surface area contributed by atoms with E-state index in [1.54, 1.807) is 24.4 Å². The summed E-state index contributed by atoms with van der Waals surface area (Å²) in [6.07, 6.45) is 1.78. The van der Waals surface area contributed by atoms with E-state index in [1.807, 2.05) is 30.3 Å². The minimum absolute atomic E-state index is 0.240. The summed E-state index contributed by atoms with van der Waals surface area (Å²) in [7, 11) is 0. The van der Waals surface area contributed by atoms with E-state index in [9.17, 15) is 5.11 Å². The lowest BCUT2D eigenvalue weighted by atomic mass is 10.1. The van der Waals surface area contributed by atoms with E-state index in [0.717, 1.165) is 22.2 Å².